The van der Waals surface area contributed by atoms with Crippen molar-refractivity contribution in [2.75, 3.05) is 20.3 Å². The van der Waals surface area contributed by atoms with Gasteiger partial charge < -0.3 is 20.5 Å². The zero-order valence-electron chi connectivity index (χ0n) is 11.2. The van der Waals surface area contributed by atoms with E-state index in [2.05, 4.69) is 10.1 Å². The van der Waals surface area contributed by atoms with Gasteiger partial charge in [0.15, 0.2) is 0 Å². The van der Waals surface area contributed by atoms with Crippen LogP contribution in [-0.4, -0.2) is 38.2 Å². The van der Waals surface area contributed by atoms with Crippen molar-refractivity contribution in [1.29, 1.82) is 0 Å². The first-order valence-electron chi connectivity index (χ1n) is 5.91. The van der Waals surface area contributed by atoms with Gasteiger partial charge in [-0.2, -0.15) is 0 Å². The molecule has 1 aromatic carbocycles. The third-order valence-corrected chi connectivity index (χ3v) is 2.41. The number of nitrogens with one attached hydrogen (secondary N) is 1. The van der Waals surface area contributed by atoms with E-state index in [0.717, 1.165) is 5.75 Å². The molecule has 1 rings (SSSR count). The molecule has 0 saturated carbocycles. The Bertz CT molecular complexity index is 414. The van der Waals surface area contributed by atoms with Gasteiger partial charge in [-0.25, -0.2) is 0 Å². The molecule has 0 heterocycles. The van der Waals surface area contributed by atoms with Crippen LogP contribution < -0.4 is 15.8 Å². The summed E-state index contributed by atoms with van der Waals surface area (Å²) in [4.78, 5) is 22.3. The second-order valence-electron chi connectivity index (χ2n) is 3.85. The Balaban J connectivity index is 0.00000361. The van der Waals surface area contributed by atoms with E-state index in [1.807, 2.05) is 30.3 Å². The molecule has 0 aliphatic rings. The van der Waals surface area contributed by atoms with Gasteiger partial charge in [-0.1, -0.05) is 18.2 Å². The monoisotopic (exact) mass is 302 g/mol. The van der Waals surface area contributed by atoms with Crippen LogP contribution >= 0.6 is 12.4 Å². The van der Waals surface area contributed by atoms with Crippen molar-refractivity contribution in [1.82, 2.24) is 5.32 Å². The third kappa shape index (κ3) is 6.96. The van der Waals surface area contributed by atoms with E-state index >= 15 is 0 Å². The first-order valence-corrected chi connectivity index (χ1v) is 5.91. The van der Waals surface area contributed by atoms with Crippen LogP contribution in [0.1, 0.15) is 6.42 Å². The van der Waals surface area contributed by atoms with Crippen LogP contribution in [0.3, 0.4) is 0 Å². The predicted octanol–water partition coefficient (Wildman–Crippen LogP) is 0.494. The lowest BCUT2D eigenvalue weighted by molar-refractivity contribution is -0.141. The van der Waals surface area contributed by atoms with Gasteiger partial charge in [0, 0.05) is 6.42 Å². The molecular weight excluding hydrogens is 284 g/mol. The van der Waals surface area contributed by atoms with Gasteiger partial charge in [-0.3, -0.25) is 9.59 Å². The van der Waals surface area contributed by atoms with Crippen molar-refractivity contribution in [3.63, 3.8) is 0 Å². The smallest absolute Gasteiger partial charge is 0.325 e. The molecule has 0 aliphatic carbocycles. The minimum Gasteiger partial charge on any atom is -0.494 e. The number of nitrogens with two attached hydrogens (primary N) is 1. The lowest BCUT2D eigenvalue weighted by Gasteiger charge is -2.12. The number of methoxy groups -OCH3 is 1. The summed E-state index contributed by atoms with van der Waals surface area (Å²) in [6.45, 7) is 0.152. The van der Waals surface area contributed by atoms with E-state index < -0.39 is 17.9 Å². The summed E-state index contributed by atoms with van der Waals surface area (Å²) in [6.07, 6.45) is 0.363. The number of ether oxygens (including phenoxy) is 2. The lowest BCUT2D eigenvalue weighted by Crippen LogP contribution is -2.43. The van der Waals surface area contributed by atoms with E-state index in [-0.39, 0.29) is 19.0 Å². The van der Waals surface area contributed by atoms with Crippen molar-refractivity contribution in [2.24, 2.45) is 5.73 Å². The zero-order chi connectivity index (χ0) is 14.1. The van der Waals surface area contributed by atoms with E-state index in [1.165, 1.54) is 7.11 Å². The molecule has 0 aliphatic heterocycles. The second-order valence-corrected chi connectivity index (χ2v) is 3.85. The van der Waals surface area contributed by atoms with Crippen LogP contribution in [0.15, 0.2) is 30.3 Å². The normalized spacial score (nSPS) is 10.9. The van der Waals surface area contributed by atoms with Gasteiger partial charge in [0.05, 0.1) is 19.8 Å². The molecule has 0 spiro atoms. The van der Waals surface area contributed by atoms with Crippen LogP contribution in [0.25, 0.3) is 0 Å². The fourth-order valence-electron chi connectivity index (χ4n) is 1.31. The highest BCUT2D eigenvalue weighted by molar-refractivity contribution is 5.85. The van der Waals surface area contributed by atoms with Gasteiger partial charge in [-0.15, -0.1) is 12.4 Å². The largest absolute Gasteiger partial charge is 0.494 e. The summed E-state index contributed by atoms with van der Waals surface area (Å²) in [5.41, 5.74) is 5.66. The molecule has 3 N–H and O–H groups in total. The maximum absolute atomic E-state index is 11.5. The van der Waals surface area contributed by atoms with E-state index in [0.29, 0.717) is 13.0 Å². The molecule has 0 unspecified atom stereocenters. The first-order chi connectivity index (χ1) is 9.13. The number of hydrogen-bond acceptors (Lipinski definition) is 5. The number of rotatable bonds is 7. The number of halogens is 1. The highest BCUT2D eigenvalue weighted by atomic mass is 35.5. The molecular formula is C13H19ClN2O4. The number of hydrogen-bond donors (Lipinski definition) is 2. The lowest BCUT2D eigenvalue weighted by atomic mass is 10.2. The molecule has 0 fully saturated rings. The molecule has 1 atom stereocenters. The van der Waals surface area contributed by atoms with Gasteiger partial charge in [-0.05, 0) is 12.1 Å². The molecule has 7 heteroatoms. The van der Waals surface area contributed by atoms with E-state index in [9.17, 15) is 9.59 Å². The summed E-state index contributed by atoms with van der Waals surface area (Å²) >= 11 is 0. The van der Waals surface area contributed by atoms with Gasteiger partial charge in [0.25, 0.3) is 0 Å². The fraction of sp³-hybridized carbons (Fsp3) is 0.385. The topological polar surface area (TPSA) is 90.7 Å². The number of amides is 1. The standard InChI is InChI=1S/C13H18N2O4.ClH/c1-18-12(16)9-15-13(17)11(14)7-8-19-10-5-3-2-4-6-10;/h2-6,11H,7-9,14H2,1H3,(H,15,17);1H/t11-;/m0./s1. The predicted molar refractivity (Wildman–Crippen MR) is 76.8 cm³/mol. The Morgan fingerprint density at radius 2 is 1.95 bits per heavy atom. The highest BCUT2D eigenvalue weighted by Gasteiger charge is 2.14. The minimum atomic E-state index is -0.714. The summed E-state index contributed by atoms with van der Waals surface area (Å²) in [7, 11) is 1.25. The average molecular weight is 303 g/mol. The molecule has 0 bridgehead atoms. The van der Waals surface area contributed by atoms with Crippen molar-refractivity contribution < 1.29 is 19.1 Å². The zero-order valence-corrected chi connectivity index (χ0v) is 12.0. The third-order valence-electron chi connectivity index (χ3n) is 2.41. The Hall–Kier alpha value is -1.79. The first kappa shape index (κ1) is 18.2. The Morgan fingerprint density at radius 3 is 2.55 bits per heavy atom. The SMILES string of the molecule is COC(=O)CNC(=O)[C@@H](N)CCOc1ccccc1.Cl. The maximum Gasteiger partial charge on any atom is 0.325 e. The van der Waals surface area contributed by atoms with Gasteiger partial charge in [0.2, 0.25) is 5.91 Å². The van der Waals surface area contributed by atoms with Crippen molar-refractivity contribution in [2.45, 2.75) is 12.5 Å². The van der Waals surface area contributed by atoms with Crippen molar-refractivity contribution >= 4 is 24.3 Å². The molecule has 20 heavy (non-hydrogen) atoms. The average Bonchev–Trinajstić information content (AvgIpc) is 2.45. The molecule has 1 aromatic rings. The minimum absolute atomic E-state index is 0. The van der Waals surface area contributed by atoms with Crippen LogP contribution in [0.4, 0.5) is 0 Å². The van der Waals surface area contributed by atoms with Crippen molar-refractivity contribution in [3.05, 3.63) is 30.3 Å². The summed E-state index contributed by atoms with van der Waals surface area (Å²) in [6, 6.07) is 8.54. The number of benzene rings is 1. The molecule has 6 nitrogen and oxygen atoms in total. The quantitative estimate of drug-likeness (QED) is 0.716. The highest BCUT2D eigenvalue weighted by Crippen LogP contribution is 2.08. The van der Waals surface area contributed by atoms with Crippen molar-refractivity contribution in [3.8, 4) is 5.75 Å². The second kappa shape index (κ2) is 10.1. The summed E-state index contributed by atoms with van der Waals surface area (Å²) < 4.78 is 9.82. The van der Waals surface area contributed by atoms with Gasteiger partial charge >= 0.3 is 5.97 Å². The van der Waals surface area contributed by atoms with E-state index in [1.54, 1.807) is 0 Å². The Labute approximate surface area is 124 Å². The Morgan fingerprint density at radius 1 is 1.30 bits per heavy atom. The molecule has 1 amide bonds. The molecule has 0 aromatic heterocycles. The number of carbonyl (C=O) groups excluding carboxylic acids is 2. The Kier molecular flexibility index (Phi) is 9.15. The van der Waals surface area contributed by atoms with E-state index in [4.69, 9.17) is 10.5 Å². The summed E-state index contributed by atoms with van der Waals surface area (Å²) in [5.74, 6) is -0.187. The molecule has 0 saturated heterocycles. The van der Waals surface area contributed by atoms with Crippen LogP contribution in [0, 0.1) is 0 Å². The molecule has 112 valence electrons. The van der Waals surface area contributed by atoms with Crippen LogP contribution in [0.5, 0.6) is 5.75 Å². The number of para-hydroxylation sites is 1. The maximum atomic E-state index is 11.5. The fourth-order valence-corrected chi connectivity index (χ4v) is 1.31. The number of carbonyl (C=O) groups is 2. The van der Waals surface area contributed by atoms with Crippen LogP contribution in [0.2, 0.25) is 0 Å². The number of esters is 1. The molecule has 0 radical (unpaired) electrons. The van der Waals surface area contributed by atoms with Crippen LogP contribution in [-0.2, 0) is 14.3 Å². The van der Waals surface area contributed by atoms with Gasteiger partial charge in [0.1, 0.15) is 12.3 Å². The summed E-state index contributed by atoms with van der Waals surface area (Å²) in [5, 5.41) is 2.39.